The number of nitro benzene ring substituents is 1. The second-order valence-corrected chi connectivity index (χ2v) is 5.31. The molecule has 0 aliphatic heterocycles. The van der Waals surface area contributed by atoms with Gasteiger partial charge in [-0.05, 0) is 34.1 Å². The van der Waals surface area contributed by atoms with Gasteiger partial charge < -0.3 is 10.1 Å². The Morgan fingerprint density at radius 3 is 2.55 bits per heavy atom. The predicted molar refractivity (Wildman–Crippen MR) is 84.9 cm³/mol. The van der Waals surface area contributed by atoms with Gasteiger partial charge in [-0.3, -0.25) is 10.1 Å². The zero-order valence-electron chi connectivity index (χ0n) is 11.0. The summed E-state index contributed by atoms with van der Waals surface area (Å²) in [5, 5.41) is 29.3. The third-order valence-electron chi connectivity index (χ3n) is 3.06. The molecule has 0 amide bonds. The fourth-order valence-electron chi connectivity index (χ4n) is 2.00. The highest BCUT2D eigenvalue weighted by molar-refractivity contribution is 9.10. The van der Waals surface area contributed by atoms with Gasteiger partial charge in [0.05, 0.1) is 16.1 Å². The van der Waals surface area contributed by atoms with Crippen LogP contribution in [-0.2, 0) is 0 Å². The van der Waals surface area contributed by atoms with E-state index in [2.05, 4.69) is 31.1 Å². The number of non-ortho nitro benzene ring substituents is 1. The summed E-state index contributed by atoms with van der Waals surface area (Å²) in [6.07, 6.45) is 0. The van der Waals surface area contributed by atoms with Crippen molar-refractivity contribution < 1.29 is 10.0 Å². The number of rotatable bonds is 3. The normalized spacial score (nSPS) is 11.3. The Morgan fingerprint density at radius 1 is 1.14 bits per heavy atom. The number of aromatic amines is 1. The zero-order chi connectivity index (χ0) is 15.7. The molecule has 0 saturated heterocycles. The van der Waals surface area contributed by atoms with Crippen molar-refractivity contribution in [1.82, 2.24) is 4.98 Å². The largest absolute Gasteiger partial charge is 0.493 e. The van der Waals surface area contributed by atoms with Gasteiger partial charge in [0.1, 0.15) is 0 Å². The molecule has 0 bridgehead atoms. The minimum Gasteiger partial charge on any atom is -0.493 e. The number of nitro groups is 1. The van der Waals surface area contributed by atoms with Gasteiger partial charge in [0, 0.05) is 22.0 Å². The molecule has 2 N–H and O–H groups in total. The quantitative estimate of drug-likeness (QED) is 0.391. The van der Waals surface area contributed by atoms with E-state index in [9.17, 15) is 15.2 Å². The monoisotopic (exact) mass is 360 g/mol. The van der Waals surface area contributed by atoms with Crippen molar-refractivity contribution in [2.24, 2.45) is 10.2 Å². The van der Waals surface area contributed by atoms with E-state index >= 15 is 0 Å². The SMILES string of the molecule is O=[N+]([O-])c1ccc(N=Nc2c(O)[nH]c3c(Br)cccc23)cc1. The molecule has 1 aromatic heterocycles. The third kappa shape index (κ3) is 2.56. The molecule has 0 unspecified atom stereocenters. The molecule has 2 aromatic carbocycles. The van der Waals surface area contributed by atoms with Crippen LogP contribution in [0.4, 0.5) is 17.1 Å². The van der Waals surface area contributed by atoms with Crippen molar-refractivity contribution in [3.8, 4) is 5.88 Å². The lowest BCUT2D eigenvalue weighted by Crippen LogP contribution is -1.85. The van der Waals surface area contributed by atoms with Crippen LogP contribution in [0.2, 0.25) is 0 Å². The van der Waals surface area contributed by atoms with Crippen LogP contribution >= 0.6 is 15.9 Å². The highest BCUT2D eigenvalue weighted by atomic mass is 79.9. The Morgan fingerprint density at radius 2 is 1.86 bits per heavy atom. The van der Waals surface area contributed by atoms with Crippen molar-refractivity contribution in [3.05, 3.63) is 57.1 Å². The maximum Gasteiger partial charge on any atom is 0.269 e. The van der Waals surface area contributed by atoms with Crippen molar-refractivity contribution in [1.29, 1.82) is 0 Å². The number of nitrogens with zero attached hydrogens (tertiary/aromatic N) is 3. The van der Waals surface area contributed by atoms with Crippen molar-refractivity contribution in [2.75, 3.05) is 0 Å². The number of halogens is 1. The molecule has 7 nitrogen and oxygen atoms in total. The van der Waals surface area contributed by atoms with Crippen molar-refractivity contribution >= 4 is 43.9 Å². The summed E-state index contributed by atoms with van der Waals surface area (Å²) < 4.78 is 0.803. The van der Waals surface area contributed by atoms with E-state index in [0.29, 0.717) is 11.4 Å². The van der Waals surface area contributed by atoms with Gasteiger partial charge in [-0.2, -0.15) is 5.11 Å². The van der Waals surface area contributed by atoms with Gasteiger partial charge in [-0.25, -0.2) is 0 Å². The van der Waals surface area contributed by atoms with Gasteiger partial charge in [0.2, 0.25) is 5.88 Å². The molecule has 0 saturated carbocycles. The van der Waals surface area contributed by atoms with Gasteiger partial charge in [-0.1, -0.05) is 12.1 Å². The smallest absolute Gasteiger partial charge is 0.269 e. The molecule has 0 fully saturated rings. The summed E-state index contributed by atoms with van der Waals surface area (Å²) in [7, 11) is 0. The molecule has 1 heterocycles. The molecule has 0 spiro atoms. The molecule has 0 radical (unpaired) electrons. The average Bonchev–Trinajstić information content (AvgIpc) is 2.83. The van der Waals surface area contributed by atoms with E-state index in [0.717, 1.165) is 15.4 Å². The lowest BCUT2D eigenvalue weighted by molar-refractivity contribution is -0.384. The lowest BCUT2D eigenvalue weighted by Gasteiger charge is -1.94. The van der Waals surface area contributed by atoms with Crippen LogP contribution < -0.4 is 0 Å². The first-order chi connectivity index (χ1) is 10.6. The van der Waals surface area contributed by atoms with Gasteiger partial charge in [-0.15, -0.1) is 5.11 Å². The van der Waals surface area contributed by atoms with Crippen molar-refractivity contribution in [2.45, 2.75) is 0 Å². The summed E-state index contributed by atoms with van der Waals surface area (Å²) in [4.78, 5) is 12.9. The molecule has 0 aliphatic carbocycles. The Kier molecular flexibility index (Phi) is 3.60. The second kappa shape index (κ2) is 5.57. The zero-order valence-corrected chi connectivity index (χ0v) is 12.6. The Balaban J connectivity index is 1.97. The lowest BCUT2D eigenvalue weighted by atomic mass is 10.2. The number of aromatic hydroxyl groups is 1. The fraction of sp³-hybridized carbons (Fsp3) is 0. The molecule has 0 aliphatic rings. The molecule has 3 aromatic rings. The van der Waals surface area contributed by atoms with Gasteiger partial charge >= 0.3 is 0 Å². The minimum atomic E-state index is -0.482. The highest BCUT2D eigenvalue weighted by Gasteiger charge is 2.12. The maximum atomic E-state index is 10.6. The molecule has 8 heteroatoms. The number of benzene rings is 2. The Hall–Kier alpha value is -2.74. The van der Waals surface area contributed by atoms with E-state index in [1.165, 1.54) is 24.3 Å². The molecule has 3 rings (SSSR count). The van der Waals surface area contributed by atoms with Crippen LogP contribution in [0.5, 0.6) is 5.88 Å². The number of fused-ring (bicyclic) bond motifs is 1. The summed E-state index contributed by atoms with van der Waals surface area (Å²) in [5.74, 6) is -0.0902. The van der Waals surface area contributed by atoms with Crippen LogP contribution in [0.3, 0.4) is 0 Å². The van der Waals surface area contributed by atoms with Crippen LogP contribution in [0.1, 0.15) is 0 Å². The number of aromatic nitrogens is 1. The minimum absolute atomic E-state index is 0.0159. The first-order valence-electron chi connectivity index (χ1n) is 6.21. The number of hydrogen-bond donors (Lipinski definition) is 2. The molecular formula is C14H9BrN4O3. The summed E-state index contributed by atoms with van der Waals surface area (Å²) in [6, 6.07) is 11.1. The predicted octanol–water partition coefficient (Wildman–Crippen LogP) is 4.96. The number of azo groups is 1. The number of hydrogen-bond acceptors (Lipinski definition) is 5. The summed E-state index contributed by atoms with van der Waals surface area (Å²) in [5.41, 5.74) is 1.47. The standard InChI is InChI=1S/C14H9BrN4O3/c15-11-3-1-2-10-12(11)16-14(20)13(10)18-17-8-4-6-9(7-5-8)19(21)22/h1-7,16,20H. The number of para-hydroxylation sites is 1. The maximum absolute atomic E-state index is 10.6. The third-order valence-corrected chi connectivity index (χ3v) is 3.72. The van der Waals surface area contributed by atoms with Crippen LogP contribution in [0, 0.1) is 10.1 Å². The van der Waals surface area contributed by atoms with Crippen molar-refractivity contribution in [3.63, 3.8) is 0 Å². The second-order valence-electron chi connectivity index (χ2n) is 4.46. The first-order valence-corrected chi connectivity index (χ1v) is 7.01. The molecule has 22 heavy (non-hydrogen) atoms. The van der Waals surface area contributed by atoms with E-state index in [1.54, 1.807) is 6.07 Å². The Labute approximate surface area is 132 Å². The van der Waals surface area contributed by atoms with E-state index in [4.69, 9.17) is 0 Å². The fourth-order valence-corrected chi connectivity index (χ4v) is 2.47. The van der Waals surface area contributed by atoms with E-state index in [1.807, 2.05) is 12.1 Å². The average molecular weight is 361 g/mol. The molecular weight excluding hydrogens is 352 g/mol. The molecule has 110 valence electrons. The highest BCUT2D eigenvalue weighted by Crippen LogP contribution is 2.38. The van der Waals surface area contributed by atoms with E-state index in [-0.39, 0.29) is 11.6 Å². The summed E-state index contributed by atoms with van der Waals surface area (Å²) >= 11 is 3.38. The van der Waals surface area contributed by atoms with Crippen LogP contribution in [0.25, 0.3) is 10.9 Å². The number of H-pyrrole nitrogens is 1. The van der Waals surface area contributed by atoms with Crippen LogP contribution in [-0.4, -0.2) is 15.0 Å². The summed E-state index contributed by atoms with van der Waals surface area (Å²) in [6.45, 7) is 0. The topological polar surface area (TPSA) is 104 Å². The van der Waals surface area contributed by atoms with E-state index < -0.39 is 4.92 Å². The number of nitrogens with one attached hydrogen (secondary N) is 1. The van der Waals surface area contributed by atoms with Gasteiger partial charge in [0.15, 0.2) is 5.69 Å². The van der Waals surface area contributed by atoms with Gasteiger partial charge in [0.25, 0.3) is 5.69 Å². The van der Waals surface area contributed by atoms with Crippen LogP contribution in [0.15, 0.2) is 57.2 Å². The first kappa shape index (κ1) is 14.2. The Bertz CT molecular complexity index is 887. The molecule has 0 atom stereocenters.